The van der Waals surface area contributed by atoms with Crippen LogP contribution in [0.1, 0.15) is 47.5 Å². The van der Waals surface area contributed by atoms with Crippen LogP contribution in [0.4, 0.5) is 4.39 Å². The lowest BCUT2D eigenvalue weighted by Gasteiger charge is -2.24. The minimum atomic E-state index is -0.654. The average Bonchev–Trinajstić information content (AvgIpc) is 2.72. The van der Waals surface area contributed by atoms with Crippen LogP contribution in [0.2, 0.25) is 0 Å². The Bertz CT molecular complexity index is 234. The van der Waals surface area contributed by atoms with Gasteiger partial charge in [0.05, 0.1) is 0 Å². The van der Waals surface area contributed by atoms with Crippen LogP contribution in [0.5, 0.6) is 0 Å². The topological polar surface area (TPSA) is 32.3 Å². The van der Waals surface area contributed by atoms with Crippen LogP contribution in [0, 0.1) is 5.92 Å². The summed E-state index contributed by atoms with van der Waals surface area (Å²) < 4.78 is 13.0. The van der Waals surface area contributed by atoms with Crippen molar-refractivity contribution in [2.24, 2.45) is 5.92 Å². The Labute approximate surface area is 111 Å². The molecule has 1 N–H and O–H groups in total. The number of carbonyl (C=O) groups is 1. The third-order valence-electron chi connectivity index (χ3n) is 3.16. The molecular weight excluding hydrogens is 231 g/mol. The molecule has 3 nitrogen and oxygen atoms in total. The van der Waals surface area contributed by atoms with Crippen molar-refractivity contribution in [2.45, 2.75) is 59.7 Å². The summed E-state index contributed by atoms with van der Waals surface area (Å²) in [4.78, 5) is 13.2. The average molecular weight is 260 g/mol. The fourth-order valence-corrected chi connectivity index (χ4v) is 2.14. The molecular formula is C14H29FN2O. The zero-order valence-electron chi connectivity index (χ0n) is 12.5. The minimum Gasteiger partial charge on any atom is -0.353 e. The van der Waals surface area contributed by atoms with Crippen LogP contribution in [-0.2, 0) is 4.79 Å². The third-order valence-corrected chi connectivity index (χ3v) is 3.16. The van der Waals surface area contributed by atoms with Crippen LogP contribution in [0.15, 0.2) is 0 Å². The fraction of sp³-hybridized carbons (Fsp3) is 0.929. The maximum absolute atomic E-state index is 13.0. The first-order valence-corrected chi connectivity index (χ1v) is 7.12. The van der Waals surface area contributed by atoms with Gasteiger partial charge >= 0.3 is 0 Å². The zero-order chi connectivity index (χ0) is 14.1. The van der Waals surface area contributed by atoms with Crippen molar-refractivity contribution in [3.63, 3.8) is 0 Å². The van der Waals surface area contributed by atoms with E-state index in [9.17, 15) is 9.18 Å². The Morgan fingerprint density at radius 3 is 2.44 bits per heavy atom. The van der Waals surface area contributed by atoms with Gasteiger partial charge in [-0.1, -0.05) is 27.7 Å². The Kier molecular flexibility index (Phi) is 8.98. The molecule has 108 valence electrons. The predicted octanol–water partition coefficient (Wildman–Crippen LogP) is 2.61. The molecule has 0 saturated carbocycles. The first kappa shape index (κ1) is 17.4. The van der Waals surface area contributed by atoms with Gasteiger partial charge in [-0.2, -0.15) is 0 Å². The molecule has 1 heterocycles. The molecule has 18 heavy (non-hydrogen) atoms. The van der Waals surface area contributed by atoms with Gasteiger partial charge < -0.3 is 10.2 Å². The standard InChI is InChI=1S/C12H23FN2O.C2H6/c1-9(2)12(14-10(3)16)5-7-15-6-4-11(13)8-15;1-2/h9,11-12H,4-8H2,1-3H3,(H,14,16);1-2H3. The molecule has 0 spiro atoms. The lowest BCUT2D eigenvalue weighted by atomic mass is 10.0. The highest BCUT2D eigenvalue weighted by atomic mass is 19.1. The summed E-state index contributed by atoms with van der Waals surface area (Å²) >= 11 is 0. The van der Waals surface area contributed by atoms with E-state index in [4.69, 9.17) is 0 Å². The lowest BCUT2D eigenvalue weighted by molar-refractivity contribution is -0.120. The number of nitrogens with one attached hydrogen (secondary N) is 1. The highest BCUT2D eigenvalue weighted by Crippen LogP contribution is 2.14. The quantitative estimate of drug-likeness (QED) is 0.824. The normalized spacial score (nSPS) is 21.4. The summed E-state index contributed by atoms with van der Waals surface area (Å²) in [5, 5.41) is 2.96. The van der Waals surface area contributed by atoms with Gasteiger partial charge in [-0.25, -0.2) is 4.39 Å². The van der Waals surface area contributed by atoms with Crippen molar-refractivity contribution in [1.29, 1.82) is 0 Å². The number of alkyl halides is 1. The van der Waals surface area contributed by atoms with E-state index in [1.165, 1.54) is 0 Å². The van der Waals surface area contributed by atoms with Crippen LogP contribution in [0.25, 0.3) is 0 Å². The van der Waals surface area contributed by atoms with Crippen molar-refractivity contribution in [3.05, 3.63) is 0 Å². The van der Waals surface area contributed by atoms with Crippen LogP contribution in [0.3, 0.4) is 0 Å². The Morgan fingerprint density at radius 2 is 2.06 bits per heavy atom. The van der Waals surface area contributed by atoms with E-state index < -0.39 is 6.17 Å². The molecule has 1 amide bonds. The molecule has 1 fully saturated rings. The SMILES string of the molecule is CC.CC(=O)NC(CCN1CCC(F)C1)C(C)C. The van der Waals surface area contributed by atoms with E-state index >= 15 is 0 Å². The van der Waals surface area contributed by atoms with Crippen LogP contribution in [-0.4, -0.2) is 42.7 Å². The highest BCUT2D eigenvalue weighted by Gasteiger charge is 2.23. The monoisotopic (exact) mass is 260 g/mol. The number of likely N-dealkylation sites (tertiary alicyclic amines) is 1. The lowest BCUT2D eigenvalue weighted by Crippen LogP contribution is -2.39. The smallest absolute Gasteiger partial charge is 0.217 e. The molecule has 0 radical (unpaired) electrons. The Balaban J connectivity index is 0.00000137. The van der Waals surface area contributed by atoms with E-state index in [2.05, 4.69) is 24.1 Å². The van der Waals surface area contributed by atoms with Crippen LogP contribution < -0.4 is 5.32 Å². The largest absolute Gasteiger partial charge is 0.353 e. The second kappa shape index (κ2) is 9.31. The molecule has 1 aliphatic rings. The summed E-state index contributed by atoms with van der Waals surface area (Å²) in [7, 11) is 0. The van der Waals surface area contributed by atoms with Gasteiger partial charge in [0.15, 0.2) is 0 Å². The van der Waals surface area contributed by atoms with Crippen molar-refractivity contribution in [1.82, 2.24) is 10.2 Å². The van der Waals surface area contributed by atoms with Gasteiger partial charge in [-0.15, -0.1) is 0 Å². The number of hydrogen-bond donors (Lipinski definition) is 1. The third kappa shape index (κ3) is 6.94. The van der Waals surface area contributed by atoms with E-state index in [0.717, 1.165) is 19.5 Å². The van der Waals surface area contributed by atoms with E-state index in [0.29, 0.717) is 18.9 Å². The Morgan fingerprint density at radius 1 is 1.44 bits per heavy atom. The first-order valence-electron chi connectivity index (χ1n) is 7.12. The number of carbonyl (C=O) groups excluding carboxylic acids is 1. The van der Waals surface area contributed by atoms with E-state index in [1.807, 2.05) is 13.8 Å². The molecule has 2 atom stereocenters. The molecule has 0 aromatic carbocycles. The minimum absolute atomic E-state index is 0.0171. The molecule has 4 heteroatoms. The summed E-state index contributed by atoms with van der Waals surface area (Å²) in [5.74, 6) is 0.441. The molecule has 1 saturated heterocycles. The fourth-order valence-electron chi connectivity index (χ4n) is 2.14. The first-order chi connectivity index (χ1) is 8.49. The van der Waals surface area contributed by atoms with Crippen molar-refractivity contribution in [3.8, 4) is 0 Å². The molecule has 1 aliphatic heterocycles. The Hall–Kier alpha value is -0.640. The van der Waals surface area contributed by atoms with Gasteiger partial charge in [-0.3, -0.25) is 4.79 Å². The van der Waals surface area contributed by atoms with Crippen LogP contribution >= 0.6 is 0 Å². The molecule has 0 aromatic heterocycles. The summed E-state index contributed by atoms with van der Waals surface area (Å²) in [6, 6.07) is 0.205. The number of amides is 1. The van der Waals surface area contributed by atoms with E-state index in [1.54, 1.807) is 6.92 Å². The number of halogens is 1. The second-order valence-electron chi connectivity index (χ2n) is 5.03. The molecule has 2 unspecified atom stereocenters. The van der Waals surface area contributed by atoms with Gasteiger partial charge in [0.1, 0.15) is 6.17 Å². The number of hydrogen-bond acceptors (Lipinski definition) is 2. The molecule has 0 aliphatic carbocycles. The van der Waals surface area contributed by atoms with Crippen molar-refractivity contribution < 1.29 is 9.18 Å². The molecule has 0 bridgehead atoms. The number of rotatable bonds is 5. The second-order valence-corrected chi connectivity index (χ2v) is 5.03. The highest BCUT2D eigenvalue weighted by molar-refractivity contribution is 5.73. The summed E-state index contributed by atoms with van der Waals surface area (Å²) in [6.07, 6.45) is 0.912. The van der Waals surface area contributed by atoms with Gasteiger partial charge in [0, 0.05) is 32.6 Å². The molecule has 1 rings (SSSR count). The van der Waals surface area contributed by atoms with Crippen molar-refractivity contribution in [2.75, 3.05) is 19.6 Å². The van der Waals surface area contributed by atoms with Gasteiger partial charge in [0.2, 0.25) is 5.91 Å². The molecule has 0 aromatic rings. The summed E-state index contributed by atoms with van der Waals surface area (Å²) in [6.45, 7) is 12.0. The van der Waals surface area contributed by atoms with E-state index in [-0.39, 0.29) is 11.9 Å². The summed E-state index contributed by atoms with van der Waals surface area (Å²) in [5.41, 5.74) is 0. The number of nitrogens with zero attached hydrogens (tertiary/aromatic N) is 1. The maximum Gasteiger partial charge on any atom is 0.217 e. The predicted molar refractivity (Wildman–Crippen MR) is 74.4 cm³/mol. The van der Waals surface area contributed by atoms with Crippen molar-refractivity contribution >= 4 is 5.91 Å². The maximum atomic E-state index is 13.0. The zero-order valence-corrected chi connectivity index (χ0v) is 12.5. The van der Waals surface area contributed by atoms with Gasteiger partial charge in [0.25, 0.3) is 0 Å². The van der Waals surface area contributed by atoms with Gasteiger partial charge in [-0.05, 0) is 18.8 Å².